The van der Waals surface area contributed by atoms with Crippen molar-refractivity contribution in [1.29, 1.82) is 0 Å². The van der Waals surface area contributed by atoms with Crippen LogP contribution in [0.5, 0.6) is 0 Å². The van der Waals surface area contributed by atoms with Gasteiger partial charge in [0, 0.05) is 5.56 Å². The van der Waals surface area contributed by atoms with Crippen LogP contribution >= 0.6 is 0 Å². The summed E-state index contributed by atoms with van der Waals surface area (Å²) in [5.41, 5.74) is 1.84. The molecule has 1 heterocycles. The molecule has 0 amide bonds. The van der Waals surface area contributed by atoms with Gasteiger partial charge in [-0.2, -0.15) is 0 Å². The molecule has 2 aliphatic rings. The first kappa shape index (κ1) is 20.6. The Labute approximate surface area is 179 Å². The van der Waals surface area contributed by atoms with Crippen LogP contribution in [0.15, 0.2) is 65.7 Å². The van der Waals surface area contributed by atoms with E-state index in [2.05, 4.69) is 20.8 Å². The summed E-state index contributed by atoms with van der Waals surface area (Å²) in [5, 5.41) is 0. The molecule has 2 unspecified atom stereocenters. The maximum Gasteiger partial charge on any atom is 0.350 e. The number of aliphatic imine (C=N–C) groups is 1. The van der Waals surface area contributed by atoms with Gasteiger partial charge in [-0.15, -0.1) is 0 Å². The first-order valence-electron chi connectivity index (χ1n) is 11.1. The number of esters is 1. The predicted octanol–water partition coefficient (Wildman–Crippen LogP) is 5.58. The SMILES string of the molecule is CC1CC[C@H](C(C)C)C(OC(=O)[C@@H]2OC(c3ccccc3)=N[C@H]2c2ccccc2)C1. The van der Waals surface area contributed by atoms with Crippen LogP contribution in [-0.2, 0) is 14.3 Å². The summed E-state index contributed by atoms with van der Waals surface area (Å²) in [4.78, 5) is 18.1. The third-order valence-electron chi connectivity index (χ3n) is 6.40. The van der Waals surface area contributed by atoms with Crippen LogP contribution in [0.25, 0.3) is 0 Å². The van der Waals surface area contributed by atoms with Crippen molar-refractivity contribution in [2.24, 2.45) is 22.7 Å². The molecule has 4 heteroatoms. The number of nitrogens with zero attached hydrogens (tertiary/aromatic N) is 1. The van der Waals surface area contributed by atoms with Crippen LogP contribution in [0, 0.1) is 17.8 Å². The minimum absolute atomic E-state index is 0.0537. The summed E-state index contributed by atoms with van der Waals surface area (Å²) in [7, 11) is 0. The number of carbonyl (C=O) groups excluding carboxylic acids is 1. The lowest BCUT2D eigenvalue weighted by atomic mass is 9.75. The Bertz CT molecular complexity index is 878. The average molecular weight is 406 g/mol. The summed E-state index contributed by atoms with van der Waals surface area (Å²) in [6.45, 7) is 6.68. The lowest BCUT2D eigenvalue weighted by Gasteiger charge is -2.37. The van der Waals surface area contributed by atoms with E-state index in [1.807, 2.05) is 60.7 Å². The molecule has 4 nitrogen and oxygen atoms in total. The molecule has 1 aliphatic carbocycles. The van der Waals surface area contributed by atoms with Crippen LogP contribution in [0.2, 0.25) is 0 Å². The monoisotopic (exact) mass is 405 g/mol. The third-order valence-corrected chi connectivity index (χ3v) is 6.40. The Hall–Kier alpha value is -2.62. The van der Waals surface area contributed by atoms with Crippen molar-refractivity contribution in [2.75, 3.05) is 0 Å². The highest BCUT2D eigenvalue weighted by molar-refractivity contribution is 5.98. The fourth-order valence-electron chi connectivity index (χ4n) is 4.68. The second kappa shape index (κ2) is 9.03. The number of hydrogen-bond acceptors (Lipinski definition) is 4. The lowest BCUT2D eigenvalue weighted by molar-refractivity contribution is -0.165. The quantitative estimate of drug-likeness (QED) is 0.610. The van der Waals surface area contributed by atoms with Crippen molar-refractivity contribution in [3.8, 4) is 0 Å². The van der Waals surface area contributed by atoms with Gasteiger partial charge in [-0.25, -0.2) is 9.79 Å². The van der Waals surface area contributed by atoms with Gasteiger partial charge in [0.2, 0.25) is 12.0 Å². The molecule has 2 aromatic rings. The normalized spacial score (nSPS) is 28.7. The summed E-state index contributed by atoms with van der Waals surface area (Å²) in [6, 6.07) is 19.2. The Kier molecular flexibility index (Phi) is 6.21. The summed E-state index contributed by atoms with van der Waals surface area (Å²) in [5.74, 6) is 1.66. The van der Waals surface area contributed by atoms with E-state index in [-0.39, 0.29) is 12.1 Å². The smallest absolute Gasteiger partial charge is 0.350 e. The maximum atomic E-state index is 13.3. The summed E-state index contributed by atoms with van der Waals surface area (Å²) in [6.07, 6.45) is 2.42. The Morgan fingerprint density at radius 2 is 1.70 bits per heavy atom. The lowest BCUT2D eigenvalue weighted by Crippen LogP contribution is -2.39. The van der Waals surface area contributed by atoms with E-state index in [1.54, 1.807) is 0 Å². The van der Waals surface area contributed by atoms with Crippen LogP contribution in [0.4, 0.5) is 0 Å². The molecule has 1 saturated carbocycles. The first-order chi connectivity index (χ1) is 14.5. The van der Waals surface area contributed by atoms with Crippen molar-refractivity contribution in [2.45, 2.75) is 58.3 Å². The molecule has 0 N–H and O–H groups in total. The standard InChI is InChI=1S/C26H31NO3/c1-17(2)21-15-14-18(3)16-22(21)29-26(28)24-23(19-10-6-4-7-11-19)27-25(30-24)20-12-8-5-9-13-20/h4-13,17-18,21-24H,14-16H2,1-3H3/t18?,21-,22?,23+,24-/m1/s1. The van der Waals surface area contributed by atoms with E-state index in [9.17, 15) is 4.79 Å². The minimum atomic E-state index is -0.757. The van der Waals surface area contributed by atoms with Gasteiger partial charge in [0.15, 0.2) is 0 Å². The fourth-order valence-corrected chi connectivity index (χ4v) is 4.68. The molecule has 2 aromatic carbocycles. The average Bonchev–Trinajstić information content (AvgIpc) is 3.20. The second-order valence-electron chi connectivity index (χ2n) is 9.00. The molecular weight excluding hydrogens is 374 g/mol. The number of benzene rings is 2. The zero-order valence-corrected chi connectivity index (χ0v) is 18.0. The maximum absolute atomic E-state index is 13.3. The number of rotatable bonds is 5. The molecule has 1 aliphatic heterocycles. The van der Waals surface area contributed by atoms with Gasteiger partial charge in [0.1, 0.15) is 12.1 Å². The topological polar surface area (TPSA) is 47.9 Å². The van der Waals surface area contributed by atoms with E-state index in [1.165, 1.54) is 6.42 Å². The van der Waals surface area contributed by atoms with E-state index >= 15 is 0 Å². The second-order valence-corrected chi connectivity index (χ2v) is 9.00. The largest absolute Gasteiger partial charge is 0.459 e. The number of hydrogen-bond donors (Lipinski definition) is 0. The van der Waals surface area contributed by atoms with Gasteiger partial charge >= 0.3 is 5.97 Å². The molecule has 5 atom stereocenters. The van der Waals surface area contributed by atoms with Crippen LogP contribution in [-0.4, -0.2) is 24.1 Å². The van der Waals surface area contributed by atoms with Crippen molar-refractivity contribution < 1.29 is 14.3 Å². The van der Waals surface area contributed by atoms with Gasteiger partial charge < -0.3 is 9.47 Å². The van der Waals surface area contributed by atoms with Crippen LogP contribution in [0.3, 0.4) is 0 Å². The molecule has 0 radical (unpaired) electrons. The van der Waals surface area contributed by atoms with E-state index in [0.29, 0.717) is 23.7 Å². The molecule has 0 bridgehead atoms. The van der Waals surface area contributed by atoms with Crippen LogP contribution < -0.4 is 0 Å². The van der Waals surface area contributed by atoms with Gasteiger partial charge in [-0.1, -0.05) is 75.7 Å². The molecule has 30 heavy (non-hydrogen) atoms. The molecule has 0 spiro atoms. The first-order valence-corrected chi connectivity index (χ1v) is 11.1. The molecule has 1 fully saturated rings. The van der Waals surface area contributed by atoms with Gasteiger partial charge in [0.05, 0.1) is 0 Å². The van der Waals surface area contributed by atoms with Crippen molar-refractivity contribution >= 4 is 11.9 Å². The molecule has 158 valence electrons. The molecule has 0 saturated heterocycles. The zero-order chi connectivity index (χ0) is 21.1. The highest BCUT2D eigenvalue weighted by Gasteiger charge is 2.42. The summed E-state index contributed by atoms with van der Waals surface area (Å²) >= 11 is 0. The fraction of sp³-hybridized carbons (Fsp3) is 0.462. The summed E-state index contributed by atoms with van der Waals surface area (Å²) < 4.78 is 12.2. The van der Waals surface area contributed by atoms with Gasteiger partial charge in [0.25, 0.3) is 0 Å². The Morgan fingerprint density at radius 3 is 2.37 bits per heavy atom. The van der Waals surface area contributed by atoms with E-state index in [0.717, 1.165) is 24.0 Å². The number of carbonyl (C=O) groups is 1. The molecular formula is C26H31NO3. The Morgan fingerprint density at radius 1 is 1.03 bits per heavy atom. The zero-order valence-electron chi connectivity index (χ0n) is 18.0. The van der Waals surface area contributed by atoms with Crippen molar-refractivity contribution in [3.05, 3.63) is 71.8 Å². The molecule has 4 rings (SSSR count). The van der Waals surface area contributed by atoms with Crippen LogP contribution in [0.1, 0.15) is 57.2 Å². The predicted molar refractivity (Wildman–Crippen MR) is 118 cm³/mol. The highest BCUT2D eigenvalue weighted by atomic mass is 16.6. The van der Waals surface area contributed by atoms with Gasteiger partial charge in [-0.05, 0) is 48.3 Å². The molecule has 0 aromatic heterocycles. The van der Waals surface area contributed by atoms with Crippen molar-refractivity contribution in [3.63, 3.8) is 0 Å². The van der Waals surface area contributed by atoms with E-state index < -0.39 is 12.1 Å². The van der Waals surface area contributed by atoms with E-state index in [4.69, 9.17) is 14.5 Å². The Balaban J connectivity index is 1.57. The highest BCUT2D eigenvalue weighted by Crippen LogP contribution is 2.37. The third kappa shape index (κ3) is 4.43. The minimum Gasteiger partial charge on any atom is -0.459 e. The number of ether oxygens (including phenoxy) is 2. The van der Waals surface area contributed by atoms with Gasteiger partial charge in [-0.3, -0.25) is 0 Å². The van der Waals surface area contributed by atoms with Crippen molar-refractivity contribution in [1.82, 2.24) is 0 Å².